The van der Waals surface area contributed by atoms with Crippen LogP contribution in [0.2, 0.25) is 0 Å². The number of aliphatic imine (C=N–C) groups is 1. The minimum absolute atomic E-state index is 0. The molecule has 14 rings (SSSR count). The van der Waals surface area contributed by atoms with Gasteiger partial charge in [-0.2, -0.15) is 0 Å². The van der Waals surface area contributed by atoms with Crippen LogP contribution in [0.4, 0.5) is 30.6 Å². The lowest BCUT2D eigenvalue weighted by atomic mass is 9.94. The maximum atomic E-state index is 13.6. The van der Waals surface area contributed by atoms with Crippen molar-refractivity contribution in [1.82, 2.24) is 36.0 Å². The van der Waals surface area contributed by atoms with Crippen LogP contribution in [0.3, 0.4) is 0 Å². The van der Waals surface area contributed by atoms with Gasteiger partial charge in [-0.15, -0.1) is 0 Å². The molecule has 5 saturated heterocycles. The summed E-state index contributed by atoms with van der Waals surface area (Å²) >= 11 is 0. The molecule has 25 nitrogen and oxygen atoms in total. The maximum Gasteiger partial charge on any atom is 0.418 e. The standard InChI is InChI=1S/C27H30N4O6.C15H15N3O6.2C12H17NO.C12H15NO.C2H6.3CH4/c1-16-4-11-22(17-5-8-20(36-3)9-6-17)31(16)23(32)15-30-24(33)27(37-26(30)35)13-12-18-14-19(7-10-21(18)27)29-25(34)28-2;1-16-13(22)17-9-2-3-10-8(6-9)4-5-15(10)12(21)18(7-11(19)20)14(23)24-15;3*1-9-3-8-12(13-9)10-4-6-11(14-2)7-5-10;1-2;;;/h5-10,14,16,22H,4,11-13,15H2,1-3H3,(H2,28,29,34);2-3,6H,4-5,7H2,1H3,(H,19,20)(H2,16,17,22);2*4-7,9,12-13H,3,8H2,1-2H3;4-7,9H,3,8H2,1-2H3;1-2H3;3*1H4/t16?,22?,27-;15-;;;;;;;/m11......./s1/i;;;;;1D;;;. The van der Waals surface area contributed by atoms with Gasteiger partial charge in [0.2, 0.25) is 17.1 Å². The van der Waals surface area contributed by atoms with Crippen LogP contribution in [0.1, 0.15) is 192 Å². The molecule has 9 amide bonds. The van der Waals surface area contributed by atoms with Crippen molar-refractivity contribution in [3.8, 4) is 23.0 Å². The molecule has 25 heteroatoms. The van der Waals surface area contributed by atoms with Gasteiger partial charge in [-0.25, -0.2) is 29.0 Å². The molecule has 6 aromatic carbocycles. The van der Waals surface area contributed by atoms with Gasteiger partial charge in [-0.3, -0.25) is 24.2 Å². The van der Waals surface area contributed by atoms with Crippen LogP contribution >= 0.6 is 0 Å². The van der Waals surface area contributed by atoms with Crippen molar-refractivity contribution in [2.24, 2.45) is 4.99 Å². The number of aryl methyl sites for hydroxylation is 2. The number of carboxylic acids is 1. The van der Waals surface area contributed by atoms with Gasteiger partial charge < -0.3 is 70.3 Å². The number of likely N-dealkylation sites (tertiary alicyclic amines) is 1. The van der Waals surface area contributed by atoms with Crippen molar-refractivity contribution >= 4 is 65.0 Å². The summed E-state index contributed by atoms with van der Waals surface area (Å²) in [5.74, 6) is 0.721. The van der Waals surface area contributed by atoms with Crippen molar-refractivity contribution in [3.63, 3.8) is 0 Å². The summed E-state index contributed by atoms with van der Waals surface area (Å²) in [6.07, 6.45) is 8.67. The number of anilines is 2. The Bertz CT molecular complexity index is 4050. The van der Waals surface area contributed by atoms with Gasteiger partial charge in [0.05, 0.1) is 34.5 Å². The van der Waals surface area contributed by atoms with Crippen molar-refractivity contribution < 1.29 is 73.3 Å². The number of carbonyl (C=O) groups excluding carboxylic acids is 7. The van der Waals surface area contributed by atoms with Gasteiger partial charge in [0.15, 0.2) is 0 Å². The van der Waals surface area contributed by atoms with E-state index in [9.17, 15) is 38.4 Å². The van der Waals surface area contributed by atoms with Gasteiger partial charge in [-0.1, -0.05) is 84.6 Å². The number of hydrogen-bond acceptors (Lipinski definition) is 17. The second-order valence-electron chi connectivity index (χ2n) is 26.9. The first-order chi connectivity index (χ1) is 50.9. The van der Waals surface area contributed by atoms with E-state index in [-0.39, 0.29) is 71.7 Å². The van der Waals surface area contributed by atoms with Crippen LogP contribution in [0.25, 0.3) is 0 Å². The fourth-order valence-corrected chi connectivity index (χ4v) is 14.6. The van der Waals surface area contributed by atoms with Crippen LogP contribution in [-0.2, 0) is 52.7 Å². The van der Waals surface area contributed by atoms with Gasteiger partial charge in [0, 0.05) is 92.8 Å². The number of carboxylic acid groups (broad SMARTS) is 1. The van der Waals surface area contributed by atoms with E-state index in [0.717, 1.165) is 63.9 Å². The first-order valence-corrected chi connectivity index (χ1v) is 35.8. The van der Waals surface area contributed by atoms with E-state index in [1.54, 1.807) is 76.7 Å². The summed E-state index contributed by atoms with van der Waals surface area (Å²) in [5, 5.41) is 26.2. The van der Waals surface area contributed by atoms with Crippen LogP contribution in [0.5, 0.6) is 23.0 Å². The Kier molecular flexibility index (Phi) is 30.9. The van der Waals surface area contributed by atoms with Crippen molar-refractivity contribution in [2.45, 2.75) is 194 Å². The number of benzene rings is 6. The number of ether oxygens (including phenoxy) is 6. The monoisotopic (exact) mass is 1490 g/mol. The molecule has 0 aromatic heterocycles. The zero-order valence-corrected chi connectivity index (χ0v) is 61.8. The van der Waals surface area contributed by atoms with Crippen LogP contribution in [-0.4, -0.2) is 153 Å². The molecule has 2 aliphatic carbocycles. The lowest BCUT2D eigenvalue weighted by Gasteiger charge is -2.30. The zero-order valence-electron chi connectivity index (χ0n) is 62.8. The molecule has 108 heavy (non-hydrogen) atoms. The van der Waals surface area contributed by atoms with E-state index in [1.165, 1.54) is 68.6 Å². The van der Waals surface area contributed by atoms with Crippen LogP contribution in [0, 0.1) is 0 Å². The fraction of sp³-hybridized carbons (Fsp3) is 0.458. The molecule has 6 aromatic rings. The number of nitrogens with zero attached hydrogens (tertiary/aromatic N) is 4. The van der Waals surface area contributed by atoms with Crippen molar-refractivity contribution in [3.05, 3.63) is 178 Å². The molecule has 0 bridgehead atoms. The number of methoxy groups -OCH3 is 4. The van der Waals surface area contributed by atoms with E-state index in [4.69, 9.17) is 34.9 Å². The minimum Gasteiger partial charge on any atom is -0.497 e. The summed E-state index contributed by atoms with van der Waals surface area (Å²) in [5.41, 5.74) is 7.11. The number of rotatable bonds is 14. The Morgan fingerprint density at radius 1 is 0.546 bits per heavy atom. The van der Waals surface area contributed by atoms with Crippen LogP contribution in [0.15, 0.2) is 138 Å². The number of imide groups is 2. The highest BCUT2D eigenvalue weighted by molar-refractivity contribution is 6.07. The predicted molar refractivity (Wildman–Crippen MR) is 419 cm³/mol. The summed E-state index contributed by atoms with van der Waals surface area (Å²) in [4.78, 5) is 106. The lowest BCUT2D eigenvalue weighted by molar-refractivity contribution is -0.144. The fourth-order valence-electron chi connectivity index (χ4n) is 14.6. The van der Waals surface area contributed by atoms with E-state index in [2.05, 4.69) is 94.1 Å². The first-order valence-electron chi connectivity index (χ1n) is 36.5. The number of urea groups is 2. The van der Waals surface area contributed by atoms with Gasteiger partial charge in [0.25, 0.3) is 11.8 Å². The highest BCUT2D eigenvalue weighted by Crippen LogP contribution is 2.48. The molecular weight excluding hydrogens is 1380 g/mol. The molecule has 7 N–H and O–H groups in total. The molecule has 6 heterocycles. The van der Waals surface area contributed by atoms with Gasteiger partial charge >= 0.3 is 30.2 Å². The van der Waals surface area contributed by atoms with Crippen molar-refractivity contribution in [2.75, 3.05) is 66.3 Å². The van der Waals surface area contributed by atoms with E-state index >= 15 is 0 Å². The third-order valence-corrected chi connectivity index (χ3v) is 20.1. The molecule has 2 spiro atoms. The first kappa shape index (κ1) is 84.7. The molecule has 0 radical (unpaired) electrons. The van der Waals surface area contributed by atoms with Gasteiger partial charge in [-0.05, 0) is 210 Å². The largest absolute Gasteiger partial charge is 0.497 e. The summed E-state index contributed by atoms with van der Waals surface area (Å²) in [6.45, 7) is 9.81. The SMILES string of the molecule is C.C.C.CNC(=O)Nc1ccc2c(c1)CC[C@@]21OC(=O)N(CC(=O)N2C(C)CCC2c2ccc(OC)cc2)C1=O.CNC(=O)Nc1ccc2c(c1)CC[C@@]21OC(=O)N(CC(=O)O)C1=O.COc1ccc(C2=NC(C)CC2)cc1.COc1ccc(C2CCC(C)N2)cc1.COc1ccc(C2CCC(C)N2)cc1.[2H]CC. The molecule has 0 saturated carbocycles. The number of amides is 9. The van der Waals surface area contributed by atoms with Gasteiger partial charge in [0.1, 0.15) is 36.1 Å². The second kappa shape index (κ2) is 39.4. The molecule has 8 aliphatic rings. The molecule has 9 atom stereocenters. The van der Waals surface area contributed by atoms with E-state index < -0.39 is 47.7 Å². The quantitative estimate of drug-likeness (QED) is 0.0533. The summed E-state index contributed by atoms with van der Waals surface area (Å²) < 4.78 is 37.8. The smallest absolute Gasteiger partial charge is 0.418 e. The second-order valence-corrected chi connectivity index (χ2v) is 26.9. The topological polar surface area (TPSA) is 306 Å². The predicted octanol–water partition coefficient (Wildman–Crippen LogP) is 14.6. The number of nitrogens with one attached hydrogen (secondary N) is 6. The Hall–Kier alpha value is -10.5. The molecular formula is C83H112N10O15. The number of carbonyl (C=O) groups is 8. The number of fused-ring (bicyclic) bond motifs is 4. The number of aliphatic carboxylic acids is 1. The Morgan fingerprint density at radius 2 is 0.944 bits per heavy atom. The van der Waals surface area contributed by atoms with Crippen LogP contribution < -0.4 is 50.8 Å². The highest BCUT2D eigenvalue weighted by atomic mass is 16.6. The summed E-state index contributed by atoms with van der Waals surface area (Å²) in [7, 11) is 9.70. The summed E-state index contributed by atoms with van der Waals surface area (Å²) in [6, 6.07) is 44.5. The highest BCUT2D eigenvalue weighted by Gasteiger charge is 2.60. The molecule has 6 aliphatic heterocycles. The average molecular weight is 1490 g/mol. The van der Waals surface area contributed by atoms with E-state index in [0.29, 0.717) is 77.4 Å². The molecule has 7 unspecified atom stereocenters. The normalized spacial score (nSPS) is 22.8. The Balaban J connectivity index is 0.000000223. The average Bonchev–Trinajstić information content (AvgIpc) is 1.58. The van der Waals surface area contributed by atoms with Crippen molar-refractivity contribution in [1.29, 1.82) is 0 Å². The molecule has 584 valence electrons. The number of hydrogen-bond donors (Lipinski definition) is 7. The maximum absolute atomic E-state index is 13.6. The third kappa shape index (κ3) is 20.2. The Labute approximate surface area is 638 Å². The minimum atomic E-state index is -1.46. The molecule has 5 fully saturated rings. The zero-order chi connectivity index (χ0) is 76.4. The van der Waals surface area contributed by atoms with E-state index in [1.807, 2.05) is 67.6 Å². The lowest BCUT2D eigenvalue weighted by Crippen LogP contribution is -2.46. The third-order valence-electron chi connectivity index (χ3n) is 20.1. The Morgan fingerprint density at radius 3 is 1.31 bits per heavy atom.